The van der Waals surface area contributed by atoms with E-state index in [1.165, 1.54) is 0 Å². The Morgan fingerprint density at radius 2 is 1.14 bits per heavy atom. The van der Waals surface area contributed by atoms with E-state index in [9.17, 15) is 0 Å². The summed E-state index contributed by atoms with van der Waals surface area (Å²) in [6.45, 7) is 7.46. The molecule has 0 aliphatic rings. The Labute approximate surface area is 129 Å². The molecule has 0 radical (unpaired) electrons. The molecule has 0 aliphatic heterocycles. The highest BCUT2D eigenvalue weighted by Gasteiger charge is 2.05. The standard InChI is InChI=1S/C19H15N3/c1-3-14-8-10-16(20-12-14)18-6-5-7-19(22-18)17-11-9-15(4-2)13-21-17/h3-13H,1-2H2. The lowest BCUT2D eigenvalue weighted by Gasteiger charge is -2.05. The summed E-state index contributed by atoms with van der Waals surface area (Å²) in [6.07, 6.45) is 7.11. The molecule has 3 aromatic heterocycles. The topological polar surface area (TPSA) is 38.7 Å². The first-order valence-electron chi connectivity index (χ1n) is 6.95. The normalized spacial score (nSPS) is 10.2. The Kier molecular flexibility index (Phi) is 3.88. The molecule has 0 fully saturated rings. The van der Waals surface area contributed by atoms with E-state index in [2.05, 4.69) is 28.1 Å². The molecule has 0 aromatic carbocycles. The highest BCUT2D eigenvalue weighted by molar-refractivity contribution is 5.63. The van der Waals surface area contributed by atoms with Crippen LogP contribution in [0.5, 0.6) is 0 Å². The minimum Gasteiger partial charge on any atom is -0.254 e. The van der Waals surface area contributed by atoms with E-state index < -0.39 is 0 Å². The van der Waals surface area contributed by atoms with Gasteiger partial charge in [-0.2, -0.15) is 0 Å². The summed E-state index contributed by atoms with van der Waals surface area (Å²) >= 11 is 0. The van der Waals surface area contributed by atoms with Gasteiger partial charge in [0.15, 0.2) is 0 Å². The Balaban J connectivity index is 1.97. The van der Waals surface area contributed by atoms with Crippen molar-refractivity contribution in [2.75, 3.05) is 0 Å². The molecule has 0 atom stereocenters. The number of hydrogen-bond donors (Lipinski definition) is 0. The van der Waals surface area contributed by atoms with Crippen LogP contribution in [0.1, 0.15) is 11.1 Å². The first-order chi connectivity index (χ1) is 10.8. The predicted octanol–water partition coefficient (Wildman–Crippen LogP) is 4.49. The monoisotopic (exact) mass is 285 g/mol. The van der Waals surface area contributed by atoms with Crippen molar-refractivity contribution >= 4 is 12.2 Å². The average molecular weight is 285 g/mol. The van der Waals surface area contributed by atoms with Crippen molar-refractivity contribution in [1.29, 1.82) is 0 Å². The van der Waals surface area contributed by atoms with E-state index in [-0.39, 0.29) is 0 Å². The zero-order valence-electron chi connectivity index (χ0n) is 12.1. The lowest BCUT2D eigenvalue weighted by atomic mass is 10.1. The second-order valence-corrected chi connectivity index (χ2v) is 4.77. The van der Waals surface area contributed by atoms with E-state index >= 15 is 0 Å². The maximum atomic E-state index is 4.65. The van der Waals surface area contributed by atoms with E-state index in [1.807, 2.05) is 42.5 Å². The van der Waals surface area contributed by atoms with Crippen LogP contribution in [0.25, 0.3) is 34.9 Å². The van der Waals surface area contributed by atoms with Crippen molar-refractivity contribution in [3.05, 3.63) is 79.1 Å². The van der Waals surface area contributed by atoms with Crippen molar-refractivity contribution in [1.82, 2.24) is 15.0 Å². The lowest BCUT2D eigenvalue weighted by Crippen LogP contribution is -1.92. The van der Waals surface area contributed by atoms with Gasteiger partial charge in [0.25, 0.3) is 0 Å². The molecule has 3 rings (SSSR count). The fraction of sp³-hybridized carbons (Fsp3) is 0. The van der Waals surface area contributed by atoms with Gasteiger partial charge in [-0.1, -0.05) is 43.5 Å². The average Bonchev–Trinajstić information content (AvgIpc) is 2.62. The van der Waals surface area contributed by atoms with Crippen molar-refractivity contribution < 1.29 is 0 Å². The van der Waals surface area contributed by atoms with Gasteiger partial charge in [-0.25, -0.2) is 4.98 Å². The Bertz CT molecular complexity index is 736. The van der Waals surface area contributed by atoms with Gasteiger partial charge in [-0.3, -0.25) is 9.97 Å². The number of nitrogens with zero attached hydrogens (tertiary/aromatic N) is 3. The van der Waals surface area contributed by atoms with Crippen LogP contribution in [0.3, 0.4) is 0 Å². The number of rotatable bonds is 4. The summed E-state index contributed by atoms with van der Waals surface area (Å²) in [5.74, 6) is 0. The summed E-state index contributed by atoms with van der Waals surface area (Å²) in [5.41, 5.74) is 5.28. The fourth-order valence-corrected chi connectivity index (χ4v) is 2.08. The SMILES string of the molecule is C=Cc1ccc(-c2cccc(-c3ccc(C=C)cn3)n2)nc1. The third kappa shape index (κ3) is 2.83. The van der Waals surface area contributed by atoms with Crippen LogP contribution in [0, 0.1) is 0 Å². The molecule has 0 saturated heterocycles. The van der Waals surface area contributed by atoms with Crippen molar-refractivity contribution in [3.8, 4) is 22.8 Å². The van der Waals surface area contributed by atoms with Crippen molar-refractivity contribution in [2.24, 2.45) is 0 Å². The van der Waals surface area contributed by atoms with Crippen LogP contribution >= 0.6 is 0 Å². The number of hydrogen-bond acceptors (Lipinski definition) is 3. The van der Waals surface area contributed by atoms with Gasteiger partial charge in [-0.15, -0.1) is 0 Å². The van der Waals surface area contributed by atoms with Crippen LogP contribution in [0.4, 0.5) is 0 Å². The van der Waals surface area contributed by atoms with Gasteiger partial charge in [-0.05, 0) is 35.4 Å². The maximum Gasteiger partial charge on any atom is 0.0894 e. The van der Waals surface area contributed by atoms with E-state index in [0.717, 1.165) is 33.9 Å². The first-order valence-corrected chi connectivity index (χ1v) is 6.95. The second-order valence-electron chi connectivity index (χ2n) is 4.77. The molecule has 0 N–H and O–H groups in total. The number of aromatic nitrogens is 3. The van der Waals surface area contributed by atoms with Gasteiger partial charge < -0.3 is 0 Å². The molecule has 0 aliphatic carbocycles. The quantitative estimate of drug-likeness (QED) is 0.709. The zero-order chi connectivity index (χ0) is 15.4. The molecule has 3 nitrogen and oxygen atoms in total. The highest BCUT2D eigenvalue weighted by atomic mass is 14.8. The summed E-state index contributed by atoms with van der Waals surface area (Å²) in [6, 6.07) is 13.7. The molecule has 0 saturated carbocycles. The Hall–Kier alpha value is -3.07. The van der Waals surface area contributed by atoms with Gasteiger partial charge in [0.05, 0.1) is 22.8 Å². The summed E-state index contributed by atoms with van der Waals surface area (Å²) in [5, 5.41) is 0. The molecule has 22 heavy (non-hydrogen) atoms. The molecule has 0 amide bonds. The highest BCUT2D eigenvalue weighted by Crippen LogP contribution is 2.20. The molecular formula is C19H15N3. The van der Waals surface area contributed by atoms with Crippen molar-refractivity contribution in [3.63, 3.8) is 0 Å². The number of pyridine rings is 3. The molecule has 3 heteroatoms. The fourth-order valence-electron chi connectivity index (χ4n) is 2.08. The largest absolute Gasteiger partial charge is 0.254 e. The molecular weight excluding hydrogens is 270 g/mol. The van der Waals surface area contributed by atoms with Crippen LogP contribution in [0.2, 0.25) is 0 Å². The summed E-state index contributed by atoms with van der Waals surface area (Å²) in [4.78, 5) is 13.5. The minimum absolute atomic E-state index is 0.822. The lowest BCUT2D eigenvalue weighted by molar-refractivity contribution is 1.21. The second kappa shape index (κ2) is 6.14. The third-order valence-electron chi connectivity index (χ3n) is 3.32. The molecule has 3 aromatic rings. The summed E-state index contributed by atoms with van der Waals surface area (Å²) in [7, 11) is 0. The van der Waals surface area contributed by atoms with Crippen LogP contribution in [-0.4, -0.2) is 15.0 Å². The molecule has 106 valence electrons. The van der Waals surface area contributed by atoms with E-state index in [0.29, 0.717) is 0 Å². The minimum atomic E-state index is 0.822. The third-order valence-corrected chi connectivity index (χ3v) is 3.32. The van der Waals surface area contributed by atoms with Gasteiger partial charge in [0.2, 0.25) is 0 Å². The Morgan fingerprint density at radius 1 is 0.636 bits per heavy atom. The zero-order valence-corrected chi connectivity index (χ0v) is 12.1. The first kappa shape index (κ1) is 13.9. The van der Waals surface area contributed by atoms with Crippen LogP contribution in [-0.2, 0) is 0 Å². The Morgan fingerprint density at radius 3 is 1.50 bits per heavy atom. The maximum absolute atomic E-state index is 4.65. The van der Waals surface area contributed by atoms with Crippen LogP contribution in [0.15, 0.2) is 68.0 Å². The van der Waals surface area contributed by atoms with Crippen LogP contribution < -0.4 is 0 Å². The molecule has 0 spiro atoms. The van der Waals surface area contributed by atoms with Gasteiger partial charge in [0, 0.05) is 12.4 Å². The van der Waals surface area contributed by atoms with E-state index in [1.54, 1.807) is 24.5 Å². The smallest absolute Gasteiger partial charge is 0.0894 e. The predicted molar refractivity (Wildman–Crippen MR) is 90.9 cm³/mol. The van der Waals surface area contributed by atoms with Crippen molar-refractivity contribution in [2.45, 2.75) is 0 Å². The molecule has 0 bridgehead atoms. The molecule has 0 unspecified atom stereocenters. The van der Waals surface area contributed by atoms with Gasteiger partial charge >= 0.3 is 0 Å². The molecule has 3 heterocycles. The van der Waals surface area contributed by atoms with E-state index in [4.69, 9.17) is 0 Å². The summed E-state index contributed by atoms with van der Waals surface area (Å²) < 4.78 is 0. The van der Waals surface area contributed by atoms with Gasteiger partial charge in [0.1, 0.15) is 0 Å².